The van der Waals surface area contributed by atoms with Crippen molar-refractivity contribution < 1.29 is 9.84 Å². The van der Waals surface area contributed by atoms with Crippen LogP contribution in [0.5, 0.6) is 11.5 Å². The van der Waals surface area contributed by atoms with E-state index in [1.165, 1.54) is 11.3 Å². The summed E-state index contributed by atoms with van der Waals surface area (Å²) in [5, 5.41) is 9.34. The zero-order valence-corrected chi connectivity index (χ0v) is 11.2. The Morgan fingerprint density at radius 3 is 2.78 bits per heavy atom. The van der Waals surface area contributed by atoms with Gasteiger partial charge in [-0.1, -0.05) is 17.7 Å². The largest absolute Gasteiger partial charge is 0.508 e. The number of thiophene rings is 1. The number of rotatable bonds is 5. The molecule has 0 radical (unpaired) electrons. The highest BCUT2D eigenvalue weighted by atomic mass is 35.5. The van der Waals surface area contributed by atoms with E-state index in [1.807, 2.05) is 12.1 Å². The Hall–Kier alpha value is -1.23. The number of halogens is 1. The van der Waals surface area contributed by atoms with Crippen LogP contribution in [0.1, 0.15) is 10.8 Å². The highest BCUT2D eigenvalue weighted by Gasteiger charge is 2.13. The zero-order chi connectivity index (χ0) is 13.0. The highest BCUT2D eigenvalue weighted by molar-refractivity contribution is 7.16. The van der Waals surface area contributed by atoms with E-state index in [4.69, 9.17) is 22.1 Å². The summed E-state index contributed by atoms with van der Waals surface area (Å²) in [4.78, 5) is 1.11. The molecule has 5 heteroatoms. The molecular formula is C13H14ClNO2S. The van der Waals surface area contributed by atoms with Gasteiger partial charge in [-0.25, -0.2) is 0 Å². The third-order valence-electron chi connectivity index (χ3n) is 2.55. The zero-order valence-electron chi connectivity index (χ0n) is 9.67. The molecule has 1 heterocycles. The quantitative estimate of drug-likeness (QED) is 0.886. The van der Waals surface area contributed by atoms with Gasteiger partial charge in [-0.3, -0.25) is 0 Å². The van der Waals surface area contributed by atoms with E-state index in [9.17, 15) is 5.11 Å². The second-order valence-corrected chi connectivity index (χ2v) is 5.63. The second kappa shape index (κ2) is 6.09. The van der Waals surface area contributed by atoms with Gasteiger partial charge in [0.25, 0.3) is 0 Å². The maximum Gasteiger partial charge on any atom is 0.123 e. The topological polar surface area (TPSA) is 55.5 Å². The molecule has 0 saturated carbocycles. The van der Waals surface area contributed by atoms with Gasteiger partial charge < -0.3 is 15.6 Å². The van der Waals surface area contributed by atoms with Crippen molar-refractivity contribution in [2.45, 2.75) is 5.92 Å². The molecule has 2 aromatic rings. The third-order valence-corrected chi connectivity index (χ3v) is 3.94. The summed E-state index contributed by atoms with van der Waals surface area (Å²) >= 11 is 7.42. The van der Waals surface area contributed by atoms with Crippen LogP contribution in [0.4, 0.5) is 0 Å². The van der Waals surface area contributed by atoms with Crippen molar-refractivity contribution in [2.75, 3.05) is 13.2 Å². The van der Waals surface area contributed by atoms with Crippen LogP contribution in [0.25, 0.3) is 0 Å². The second-order valence-electron chi connectivity index (χ2n) is 3.88. The molecule has 0 saturated heterocycles. The van der Waals surface area contributed by atoms with Crippen molar-refractivity contribution in [1.82, 2.24) is 0 Å². The summed E-state index contributed by atoms with van der Waals surface area (Å²) in [5.41, 5.74) is 5.74. The van der Waals surface area contributed by atoms with Crippen molar-refractivity contribution in [2.24, 2.45) is 5.73 Å². The van der Waals surface area contributed by atoms with Gasteiger partial charge in [-0.15, -0.1) is 11.3 Å². The summed E-state index contributed by atoms with van der Waals surface area (Å²) in [6.45, 7) is 0.965. The van der Waals surface area contributed by atoms with Crippen molar-refractivity contribution in [3.05, 3.63) is 45.6 Å². The van der Waals surface area contributed by atoms with Gasteiger partial charge in [0.2, 0.25) is 0 Å². The minimum Gasteiger partial charge on any atom is -0.508 e. The van der Waals surface area contributed by atoms with Crippen LogP contribution in [0.2, 0.25) is 4.34 Å². The van der Waals surface area contributed by atoms with E-state index in [0.29, 0.717) is 18.9 Å². The van der Waals surface area contributed by atoms with Gasteiger partial charge in [0.05, 0.1) is 10.9 Å². The lowest BCUT2D eigenvalue weighted by atomic mass is 10.1. The number of nitrogens with two attached hydrogens (primary N) is 1. The lowest BCUT2D eigenvalue weighted by Gasteiger charge is -2.14. The first-order valence-electron chi connectivity index (χ1n) is 5.56. The van der Waals surface area contributed by atoms with E-state index in [-0.39, 0.29) is 11.7 Å². The number of aromatic hydroxyl groups is 1. The van der Waals surface area contributed by atoms with Gasteiger partial charge in [0, 0.05) is 23.4 Å². The number of hydrogen-bond donors (Lipinski definition) is 2. The van der Waals surface area contributed by atoms with Gasteiger partial charge in [0.1, 0.15) is 11.5 Å². The van der Waals surface area contributed by atoms with E-state index in [2.05, 4.69) is 0 Å². The molecule has 0 bridgehead atoms. The minimum absolute atomic E-state index is 0.116. The number of phenols is 1. The van der Waals surface area contributed by atoms with E-state index < -0.39 is 0 Å². The number of hydrogen-bond acceptors (Lipinski definition) is 4. The molecule has 0 spiro atoms. The number of ether oxygens (including phenoxy) is 1. The standard InChI is InChI=1S/C13H14ClNO2S/c14-13-5-4-12(18-13)9(7-15)8-17-11-3-1-2-10(16)6-11/h1-6,9,16H,7-8,15H2. The van der Waals surface area contributed by atoms with Gasteiger partial charge in [-0.05, 0) is 24.3 Å². The van der Waals surface area contributed by atoms with E-state index in [1.54, 1.807) is 24.3 Å². The summed E-state index contributed by atoms with van der Waals surface area (Å²) in [6.07, 6.45) is 0. The average Bonchev–Trinajstić information content (AvgIpc) is 2.77. The molecule has 3 N–H and O–H groups in total. The summed E-state index contributed by atoms with van der Waals surface area (Å²) in [5.74, 6) is 0.942. The van der Waals surface area contributed by atoms with Crippen LogP contribution in [0, 0.1) is 0 Å². The van der Waals surface area contributed by atoms with Crippen LogP contribution in [-0.2, 0) is 0 Å². The Kier molecular flexibility index (Phi) is 4.47. The van der Waals surface area contributed by atoms with Gasteiger partial charge in [0.15, 0.2) is 0 Å². The summed E-state index contributed by atoms with van der Waals surface area (Å²) in [7, 11) is 0. The normalized spacial score (nSPS) is 12.3. The molecule has 0 amide bonds. The smallest absolute Gasteiger partial charge is 0.123 e. The molecule has 1 unspecified atom stereocenters. The van der Waals surface area contributed by atoms with E-state index in [0.717, 1.165) is 9.21 Å². The van der Waals surface area contributed by atoms with Crippen molar-refractivity contribution in [3.63, 3.8) is 0 Å². The number of phenolic OH excluding ortho intramolecular Hbond substituents is 1. The summed E-state index contributed by atoms with van der Waals surface area (Å²) in [6, 6.07) is 10.6. The lowest BCUT2D eigenvalue weighted by Crippen LogP contribution is -2.18. The SMILES string of the molecule is NCC(COc1cccc(O)c1)c1ccc(Cl)s1. The predicted octanol–water partition coefficient (Wildman–Crippen LogP) is 3.23. The molecule has 1 atom stereocenters. The minimum atomic E-state index is 0.116. The van der Waals surface area contributed by atoms with E-state index >= 15 is 0 Å². The summed E-state index contributed by atoms with van der Waals surface area (Å²) < 4.78 is 6.38. The molecule has 96 valence electrons. The molecule has 0 aliphatic rings. The Morgan fingerprint density at radius 1 is 1.33 bits per heavy atom. The van der Waals surface area contributed by atoms with Crippen molar-refractivity contribution in [1.29, 1.82) is 0 Å². The first-order chi connectivity index (χ1) is 8.69. The third kappa shape index (κ3) is 3.38. The predicted molar refractivity (Wildman–Crippen MR) is 74.7 cm³/mol. The van der Waals surface area contributed by atoms with Crippen LogP contribution >= 0.6 is 22.9 Å². The molecule has 18 heavy (non-hydrogen) atoms. The average molecular weight is 284 g/mol. The maximum absolute atomic E-state index is 9.34. The maximum atomic E-state index is 9.34. The first kappa shape index (κ1) is 13.2. The number of benzene rings is 1. The Labute approximate surface area is 115 Å². The van der Waals surface area contributed by atoms with Crippen molar-refractivity contribution in [3.8, 4) is 11.5 Å². The molecular weight excluding hydrogens is 270 g/mol. The van der Waals surface area contributed by atoms with Crippen LogP contribution in [0.15, 0.2) is 36.4 Å². The highest BCUT2D eigenvalue weighted by Crippen LogP contribution is 2.28. The molecule has 0 aliphatic heterocycles. The monoisotopic (exact) mass is 283 g/mol. The molecule has 0 fully saturated rings. The van der Waals surface area contributed by atoms with Crippen LogP contribution in [-0.4, -0.2) is 18.3 Å². The molecule has 3 nitrogen and oxygen atoms in total. The Balaban J connectivity index is 1.99. The van der Waals surface area contributed by atoms with Crippen molar-refractivity contribution >= 4 is 22.9 Å². The fourth-order valence-electron chi connectivity index (χ4n) is 1.58. The fourth-order valence-corrected chi connectivity index (χ4v) is 2.74. The van der Waals surface area contributed by atoms with Gasteiger partial charge >= 0.3 is 0 Å². The lowest BCUT2D eigenvalue weighted by molar-refractivity contribution is 0.290. The van der Waals surface area contributed by atoms with Crippen LogP contribution < -0.4 is 10.5 Å². The molecule has 0 aliphatic carbocycles. The molecule has 2 rings (SSSR count). The fraction of sp³-hybridized carbons (Fsp3) is 0.231. The van der Waals surface area contributed by atoms with Crippen LogP contribution in [0.3, 0.4) is 0 Å². The Morgan fingerprint density at radius 2 is 2.17 bits per heavy atom. The first-order valence-corrected chi connectivity index (χ1v) is 6.75. The molecule has 1 aromatic carbocycles. The van der Waals surface area contributed by atoms with Gasteiger partial charge in [-0.2, -0.15) is 0 Å². The Bertz CT molecular complexity index is 515. The molecule has 1 aromatic heterocycles.